The van der Waals surface area contributed by atoms with Gasteiger partial charge in [-0.1, -0.05) is 48.5 Å². The summed E-state index contributed by atoms with van der Waals surface area (Å²) in [6.07, 6.45) is 7.70. The Morgan fingerprint density at radius 2 is 1.61 bits per heavy atom. The van der Waals surface area contributed by atoms with E-state index in [9.17, 15) is 24.3 Å². The second kappa shape index (κ2) is 12.1. The van der Waals surface area contributed by atoms with Crippen LogP contribution in [0.15, 0.2) is 11.1 Å². The van der Waals surface area contributed by atoms with Gasteiger partial charge in [0, 0.05) is 24.9 Å². The quantitative estimate of drug-likeness (QED) is 0.285. The fraction of sp³-hybridized carbons (Fsp3) is 0.850. The number of urea groups is 1. The Morgan fingerprint density at radius 3 is 2.24 bits per heavy atom. The number of hydrogen-bond donors (Lipinski definition) is 2. The number of morpholine rings is 1. The SMILES string of the molecule is CC(C)C1=C2[C@H]3CC[C@@H]4[C@@]5(C)CC[C@H](OC(=O)CC(C)(C)C(=O)O)C(C)(C)[C@@H]5CC[C@@]4(C)[C@]3(C)CC[C@@]2(NC(=O)N2CCOCC2)CC1=O. The van der Waals surface area contributed by atoms with Crippen molar-refractivity contribution in [3.63, 3.8) is 0 Å². The maximum atomic E-state index is 13.9. The summed E-state index contributed by atoms with van der Waals surface area (Å²) in [5.41, 5.74) is 0.284. The van der Waals surface area contributed by atoms with Gasteiger partial charge in [0.05, 0.1) is 30.6 Å². The summed E-state index contributed by atoms with van der Waals surface area (Å²) >= 11 is 0. The molecule has 8 atom stereocenters. The Hall–Kier alpha value is -2.42. The summed E-state index contributed by atoms with van der Waals surface area (Å²) in [7, 11) is 0. The molecule has 6 rings (SSSR count). The Labute approximate surface area is 293 Å². The molecule has 1 heterocycles. The van der Waals surface area contributed by atoms with Crippen LogP contribution in [0.25, 0.3) is 0 Å². The van der Waals surface area contributed by atoms with E-state index in [1.807, 2.05) is 4.90 Å². The maximum Gasteiger partial charge on any atom is 0.318 e. The second-order valence-electron chi connectivity index (χ2n) is 19.0. The molecule has 0 bridgehead atoms. The van der Waals surface area contributed by atoms with Gasteiger partial charge >= 0.3 is 18.0 Å². The molecular weight excluding hydrogens is 620 g/mol. The number of carbonyl (C=O) groups excluding carboxylic acids is 3. The Balaban J connectivity index is 1.28. The molecule has 274 valence electrons. The first-order valence-electron chi connectivity index (χ1n) is 19.1. The molecule has 1 aliphatic heterocycles. The molecule has 0 spiro atoms. The van der Waals surface area contributed by atoms with Crippen LogP contribution in [0.5, 0.6) is 0 Å². The number of carboxylic acid groups (broad SMARTS) is 1. The van der Waals surface area contributed by atoms with E-state index in [0.29, 0.717) is 44.6 Å². The number of aliphatic carboxylic acids is 1. The summed E-state index contributed by atoms with van der Waals surface area (Å²) < 4.78 is 11.7. The number of ketones is 1. The zero-order valence-electron chi connectivity index (χ0n) is 31.6. The van der Waals surface area contributed by atoms with Gasteiger partial charge in [0.15, 0.2) is 5.78 Å². The summed E-state index contributed by atoms with van der Waals surface area (Å²) in [5.74, 6) is -0.0163. The highest BCUT2D eigenvalue weighted by molar-refractivity contribution is 6.02. The van der Waals surface area contributed by atoms with Crippen LogP contribution in [-0.4, -0.2) is 71.7 Å². The van der Waals surface area contributed by atoms with Crippen LogP contribution in [0, 0.1) is 50.7 Å². The van der Waals surface area contributed by atoms with Crippen LogP contribution < -0.4 is 5.32 Å². The Morgan fingerprint density at radius 1 is 0.939 bits per heavy atom. The minimum Gasteiger partial charge on any atom is -0.481 e. The minimum atomic E-state index is -1.16. The topological polar surface area (TPSA) is 122 Å². The number of hydrogen-bond acceptors (Lipinski definition) is 6. The van der Waals surface area contributed by atoms with Gasteiger partial charge in [-0.25, -0.2) is 4.79 Å². The first kappa shape index (κ1) is 36.4. The maximum absolute atomic E-state index is 13.9. The molecule has 0 aromatic carbocycles. The number of ether oxygens (including phenoxy) is 2. The number of Topliss-reactive ketones (excluding diaryl/α,β-unsaturated/α-hetero) is 1. The number of nitrogens with zero attached hydrogens (tertiary/aromatic N) is 1. The lowest BCUT2D eigenvalue weighted by Gasteiger charge is -2.72. The molecule has 0 aromatic rings. The largest absolute Gasteiger partial charge is 0.481 e. The van der Waals surface area contributed by atoms with Gasteiger partial charge in [-0.3, -0.25) is 14.4 Å². The van der Waals surface area contributed by atoms with Gasteiger partial charge in [-0.05, 0) is 116 Å². The lowest BCUT2D eigenvalue weighted by Crippen LogP contribution is -2.67. The van der Waals surface area contributed by atoms with E-state index in [1.165, 1.54) is 5.57 Å². The molecule has 0 aromatic heterocycles. The number of carboxylic acids is 1. The molecule has 9 heteroatoms. The third kappa shape index (κ3) is 5.49. The van der Waals surface area contributed by atoms with Crippen LogP contribution in [-0.2, 0) is 23.9 Å². The standard InChI is InChI=1S/C40H62N2O7/c1-24(2)31-26(43)22-40(41-34(47)42-18-20-48-21-19-42)17-16-38(8)25(32(31)40)10-11-28-37(7)14-13-29(49-30(44)23-35(3,4)33(45)46)36(5,6)27(37)12-15-39(28,38)9/h24-25,27-29H,10-23H2,1-9H3,(H,41,47)(H,45,46)/t25-,27+,28-,29+,37+,38-,39-,40-/m1/s1. The molecule has 0 unspecified atom stereocenters. The third-order valence-electron chi connectivity index (χ3n) is 15.5. The molecule has 0 radical (unpaired) electrons. The first-order valence-corrected chi connectivity index (χ1v) is 19.1. The molecular formula is C40H62N2O7. The minimum absolute atomic E-state index is 0.0208. The van der Waals surface area contributed by atoms with Crippen LogP contribution in [0.4, 0.5) is 4.79 Å². The van der Waals surface area contributed by atoms with E-state index < -0.39 is 22.9 Å². The van der Waals surface area contributed by atoms with E-state index in [2.05, 4.69) is 53.8 Å². The van der Waals surface area contributed by atoms with Crippen molar-refractivity contribution in [2.24, 2.45) is 50.7 Å². The van der Waals surface area contributed by atoms with Crippen LogP contribution in [0.2, 0.25) is 0 Å². The average Bonchev–Trinajstić information content (AvgIpc) is 3.30. The highest BCUT2D eigenvalue weighted by Gasteiger charge is 2.70. The van der Waals surface area contributed by atoms with Crippen molar-refractivity contribution in [2.75, 3.05) is 26.3 Å². The number of carbonyl (C=O) groups is 4. The van der Waals surface area contributed by atoms with Gasteiger partial charge in [0.25, 0.3) is 0 Å². The van der Waals surface area contributed by atoms with Crippen molar-refractivity contribution in [1.82, 2.24) is 10.2 Å². The second-order valence-corrected chi connectivity index (χ2v) is 19.0. The smallest absolute Gasteiger partial charge is 0.318 e. The van der Waals surface area contributed by atoms with Crippen LogP contribution in [0.1, 0.15) is 127 Å². The van der Waals surface area contributed by atoms with Gasteiger partial charge in [0.2, 0.25) is 0 Å². The van der Waals surface area contributed by atoms with Crippen molar-refractivity contribution in [1.29, 1.82) is 0 Å². The number of amides is 2. The molecule has 2 N–H and O–H groups in total. The number of esters is 1. The molecule has 2 amide bonds. The molecule has 6 aliphatic rings. The molecule has 49 heavy (non-hydrogen) atoms. The molecule has 9 nitrogen and oxygen atoms in total. The van der Waals surface area contributed by atoms with Crippen molar-refractivity contribution in [3.8, 4) is 0 Å². The predicted molar refractivity (Wildman–Crippen MR) is 187 cm³/mol. The average molecular weight is 683 g/mol. The van der Waals surface area contributed by atoms with Crippen LogP contribution in [0.3, 0.4) is 0 Å². The van der Waals surface area contributed by atoms with Gasteiger partial charge in [-0.2, -0.15) is 0 Å². The third-order valence-corrected chi connectivity index (χ3v) is 15.5. The van der Waals surface area contributed by atoms with E-state index in [1.54, 1.807) is 13.8 Å². The summed E-state index contributed by atoms with van der Waals surface area (Å²) in [6, 6.07) is -0.0682. The highest BCUT2D eigenvalue weighted by atomic mass is 16.5. The van der Waals surface area contributed by atoms with Gasteiger partial charge in [-0.15, -0.1) is 0 Å². The van der Waals surface area contributed by atoms with Crippen LogP contribution >= 0.6 is 0 Å². The summed E-state index contributed by atoms with van der Waals surface area (Å²) in [5, 5.41) is 13.1. The van der Waals surface area contributed by atoms with Crippen molar-refractivity contribution in [3.05, 3.63) is 11.1 Å². The highest BCUT2D eigenvalue weighted by Crippen LogP contribution is 2.76. The lowest BCUT2D eigenvalue weighted by atomic mass is 9.33. The van der Waals surface area contributed by atoms with Crippen molar-refractivity contribution in [2.45, 2.75) is 138 Å². The molecule has 4 saturated carbocycles. The number of rotatable bonds is 6. The Kier molecular flexibility index (Phi) is 8.97. The molecule has 5 aliphatic carbocycles. The fourth-order valence-electron chi connectivity index (χ4n) is 12.6. The van der Waals surface area contributed by atoms with E-state index in [4.69, 9.17) is 9.47 Å². The van der Waals surface area contributed by atoms with Gasteiger partial charge < -0.3 is 24.8 Å². The van der Waals surface area contributed by atoms with E-state index in [0.717, 1.165) is 56.9 Å². The lowest BCUT2D eigenvalue weighted by molar-refractivity contribution is -0.232. The predicted octanol–water partition coefficient (Wildman–Crippen LogP) is 7.17. The fourth-order valence-corrected chi connectivity index (χ4v) is 12.6. The zero-order chi connectivity index (χ0) is 35.9. The normalized spacial score (nSPS) is 40.2. The van der Waals surface area contributed by atoms with Crippen molar-refractivity contribution < 1.29 is 33.8 Å². The summed E-state index contributed by atoms with van der Waals surface area (Å²) in [4.78, 5) is 54.3. The Bertz CT molecular complexity index is 1430. The molecule has 5 fully saturated rings. The number of allylic oxidation sites excluding steroid dienone is 1. The zero-order valence-corrected chi connectivity index (χ0v) is 31.6. The number of nitrogens with one attached hydrogen (secondary N) is 1. The number of fused-ring (bicyclic) bond motifs is 7. The summed E-state index contributed by atoms with van der Waals surface area (Å²) in [6.45, 7) is 21.8. The first-order chi connectivity index (χ1) is 22.7. The van der Waals surface area contributed by atoms with Gasteiger partial charge in [0.1, 0.15) is 6.10 Å². The van der Waals surface area contributed by atoms with Crippen molar-refractivity contribution >= 4 is 23.8 Å². The monoisotopic (exact) mass is 682 g/mol. The van der Waals surface area contributed by atoms with E-state index in [-0.39, 0.29) is 57.8 Å². The molecule has 1 saturated heterocycles. The van der Waals surface area contributed by atoms with E-state index >= 15 is 0 Å².